The maximum atomic E-state index is 13.8. The van der Waals surface area contributed by atoms with Gasteiger partial charge in [-0.05, 0) is 74.5 Å². The molecule has 0 spiro atoms. The summed E-state index contributed by atoms with van der Waals surface area (Å²) >= 11 is 0. The molecule has 4 aliphatic carbocycles. The van der Waals surface area contributed by atoms with Crippen molar-refractivity contribution in [2.75, 3.05) is 0 Å². The monoisotopic (exact) mass is 291 g/mol. The fourth-order valence-corrected chi connectivity index (χ4v) is 5.24. The zero-order valence-electron chi connectivity index (χ0n) is 11.9. The molecule has 0 saturated heterocycles. The molecule has 2 nitrogen and oxygen atoms in total. The predicted molar refractivity (Wildman–Crippen MR) is 74.7 cm³/mol. The van der Waals surface area contributed by atoms with Crippen molar-refractivity contribution in [1.29, 1.82) is 0 Å². The highest BCUT2D eigenvalue weighted by Gasteiger charge is 2.51. The van der Waals surface area contributed by atoms with E-state index < -0.39 is 17.5 Å². The van der Waals surface area contributed by atoms with E-state index in [-0.39, 0.29) is 11.1 Å². The van der Waals surface area contributed by atoms with Crippen LogP contribution in [0.5, 0.6) is 0 Å². The molecule has 0 atom stereocenters. The average Bonchev–Trinajstić information content (AvgIpc) is 2.39. The Balaban J connectivity index is 1.58. The molecule has 1 aromatic rings. The molecule has 4 aliphatic rings. The van der Waals surface area contributed by atoms with Gasteiger partial charge in [-0.2, -0.15) is 0 Å². The van der Waals surface area contributed by atoms with E-state index in [1.165, 1.54) is 19.3 Å². The van der Waals surface area contributed by atoms with E-state index in [1.807, 2.05) is 0 Å². The first kappa shape index (κ1) is 13.2. The maximum Gasteiger partial charge on any atom is 0.254 e. The normalized spacial score (nSPS) is 36.8. The van der Waals surface area contributed by atoms with Crippen molar-refractivity contribution in [3.63, 3.8) is 0 Å². The molecule has 4 saturated carbocycles. The smallest absolute Gasteiger partial charge is 0.254 e. The molecule has 0 unspecified atom stereocenters. The van der Waals surface area contributed by atoms with Gasteiger partial charge in [0.2, 0.25) is 0 Å². The number of benzene rings is 1. The van der Waals surface area contributed by atoms with Gasteiger partial charge in [-0.1, -0.05) is 0 Å². The SMILES string of the molecule is O=C(NC12CC3CC(CC(C3)C1)C2)c1cc(F)ccc1F. The summed E-state index contributed by atoms with van der Waals surface area (Å²) in [4.78, 5) is 12.4. The lowest BCUT2D eigenvalue weighted by Gasteiger charge is -2.56. The van der Waals surface area contributed by atoms with Crippen LogP contribution in [0.1, 0.15) is 48.9 Å². The van der Waals surface area contributed by atoms with Gasteiger partial charge in [0, 0.05) is 5.54 Å². The number of hydrogen-bond donors (Lipinski definition) is 1. The fraction of sp³-hybridized carbons (Fsp3) is 0.588. The van der Waals surface area contributed by atoms with Crippen molar-refractivity contribution in [1.82, 2.24) is 5.32 Å². The summed E-state index contributed by atoms with van der Waals surface area (Å²) in [5, 5.41) is 3.06. The molecule has 0 aromatic heterocycles. The lowest BCUT2D eigenvalue weighted by atomic mass is 9.53. The van der Waals surface area contributed by atoms with E-state index >= 15 is 0 Å². The molecular weight excluding hydrogens is 272 g/mol. The van der Waals surface area contributed by atoms with Crippen LogP contribution in [0.4, 0.5) is 8.78 Å². The minimum absolute atomic E-state index is 0.175. The van der Waals surface area contributed by atoms with Crippen LogP contribution in [-0.4, -0.2) is 11.4 Å². The lowest BCUT2D eigenvalue weighted by Crippen LogP contribution is -2.59. The second kappa shape index (κ2) is 4.52. The molecule has 1 amide bonds. The number of halogens is 2. The Morgan fingerprint density at radius 2 is 1.62 bits per heavy atom. The third kappa shape index (κ3) is 2.25. The Bertz CT molecular complexity index is 563. The predicted octanol–water partition coefficient (Wildman–Crippen LogP) is 3.66. The first-order chi connectivity index (χ1) is 10.0. The van der Waals surface area contributed by atoms with Crippen molar-refractivity contribution >= 4 is 5.91 Å². The van der Waals surface area contributed by atoms with Gasteiger partial charge in [-0.25, -0.2) is 8.78 Å². The number of nitrogens with one attached hydrogen (secondary N) is 1. The fourth-order valence-electron chi connectivity index (χ4n) is 5.24. The Labute approximate surface area is 122 Å². The Kier molecular flexibility index (Phi) is 2.85. The Morgan fingerprint density at radius 3 is 2.19 bits per heavy atom. The highest BCUT2D eigenvalue weighted by Crippen LogP contribution is 2.55. The molecule has 21 heavy (non-hydrogen) atoms. The second-order valence-electron chi connectivity index (χ2n) is 7.28. The molecule has 4 bridgehead atoms. The Morgan fingerprint density at radius 1 is 1.05 bits per heavy atom. The van der Waals surface area contributed by atoms with E-state index in [2.05, 4.69) is 5.32 Å². The number of carbonyl (C=O) groups excluding carboxylic acids is 1. The zero-order valence-corrected chi connectivity index (χ0v) is 11.9. The van der Waals surface area contributed by atoms with Crippen molar-refractivity contribution in [3.8, 4) is 0 Å². The highest BCUT2D eigenvalue weighted by atomic mass is 19.1. The van der Waals surface area contributed by atoms with E-state index in [0.29, 0.717) is 17.8 Å². The Hall–Kier alpha value is -1.45. The molecule has 1 aromatic carbocycles. The van der Waals surface area contributed by atoms with Crippen LogP contribution >= 0.6 is 0 Å². The molecule has 4 fully saturated rings. The van der Waals surface area contributed by atoms with Gasteiger partial charge in [0.15, 0.2) is 0 Å². The third-order valence-corrected chi connectivity index (χ3v) is 5.59. The largest absolute Gasteiger partial charge is 0.346 e. The van der Waals surface area contributed by atoms with Crippen molar-refractivity contribution < 1.29 is 13.6 Å². The van der Waals surface area contributed by atoms with E-state index in [0.717, 1.165) is 37.5 Å². The van der Waals surface area contributed by atoms with Gasteiger partial charge in [-0.15, -0.1) is 0 Å². The second-order valence-corrected chi connectivity index (χ2v) is 7.28. The van der Waals surface area contributed by atoms with E-state index in [9.17, 15) is 13.6 Å². The minimum atomic E-state index is -0.654. The van der Waals surface area contributed by atoms with Crippen LogP contribution < -0.4 is 5.32 Å². The van der Waals surface area contributed by atoms with Crippen LogP contribution in [0.2, 0.25) is 0 Å². The molecular formula is C17H19F2NO. The van der Waals surface area contributed by atoms with Gasteiger partial charge in [-0.3, -0.25) is 4.79 Å². The zero-order chi connectivity index (χ0) is 14.6. The molecule has 0 heterocycles. The van der Waals surface area contributed by atoms with E-state index in [1.54, 1.807) is 0 Å². The number of rotatable bonds is 2. The summed E-state index contributed by atoms with van der Waals surface area (Å²) in [5.74, 6) is 0.413. The van der Waals surface area contributed by atoms with Crippen molar-refractivity contribution in [3.05, 3.63) is 35.4 Å². The third-order valence-electron chi connectivity index (χ3n) is 5.59. The summed E-state index contributed by atoms with van der Waals surface area (Å²) in [5.41, 5.74) is -0.351. The molecule has 112 valence electrons. The molecule has 0 aliphatic heterocycles. The minimum Gasteiger partial charge on any atom is -0.346 e. The summed E-state index contributed by atoms with van der Waals surface area (Å²) in [6.07, 6.45) is 6.85. The van der Waals surface area contributed by atoms with Gasteiger partial charge in [0.1, 0.15) is 11.6 Å². The first-order valence-corrected chi connectivity index (χ1v) is 7.81. The molecule has 0 radical (unpaired) electrons. The summed E-state index contributed by atoms with van der Waals surface area (Å²) < 4.78 is 27.0. The lowest BCUT2D eigenvalue weighted by molar-refractivity contribution is -0.0167. The molecule has 1 N–H and O–H groups in total. The van der Waals surface area contributed by atoms with Crippen molar-refractivity contribution in [2.24, 2.45) is 17.8 Å². The molecule has 4 heteroatoms. The first-order valence-electron chi connectivity index (χ1n) is 7.81. The van der Waals surface area contributed by atoms with Gasteiger partial charge >= 0.3 is 0 Å². The number of carbonyl (C=O) groups is 1. The van der Waals surface area contributed by atoms with Crippen LogP contribution in [0.15, 0.2) is 18.2 Å². The van der Waals surface area contributed by atoms with Crippen LogP contribution in [0.25, 0.3) is 0 Å². The standard InChI is InChI=1S/C17H19F2NO/c18-13-1-2-15(19)14(6-13)16(21)20-17-7-10-3-11(8-17)5-12(4-10)9-17/h1-2,6,10-12H,3-5,7-9H2,(H,20,21). The topological polar surface area (TPSA) is 29.1 Å². The van der Waals surface area contributed by atoms with Gasteiger partial charge < -0.3 is 5.32 Å². The average molecular weight is 291 g/mol. The number of hydrogen-bond acceptors (Lipinski definition) is 1. The highest BCUT2D eigenvalue weighted by molar-refractivity contribution is 5.95. The van der Waals surface area contributed by atoms with Crippen LogP contribution in [-0.2, 0) is 0 Å². The number of amides is 1. The summed E-state index contributed by atoms with van der Waals surface area (Å²) in [7, 11) is 0. The quantitative estimate of drug-likeness (QED) is 0.885. The molecule has 5 rings (SSSR count). The van der Waals surface area contributed by atoms with Gasteiger partial charge in [0.05, 0.1) is 5.56 Å². The van der Waals surface area contributed by atoms with E-state index in [4.69, 9.17) is 0 Å². The van der Waals surface area contributed by atoms with Crippen LogP contribution in [0.3, 0.4) is 0 Å². The summed E-state index contributed by atoms with van der Waals surface area (Å²) in [6.45, 7) is 0. The summed E-state index contributed by atoms with van der Waals surface area (Å²) in [6, 6.07) is 3.05. The maximum absolute atomic E-state index is 13.8. The van der Waals surface area contributed by atoms with Gasteiger partial charge in [0.25, 0.3) is 5.91 Å². The van der Waals surface area contributed by atoms with Crippen LogP contribution in [0, 0.1) is 29.4 Å². The van der Waals surface area contributed by atoms with Crippen molar-refractivity contribution in [2.45, 2.75) is 44.1 Å².